The van der Waals surface area contributed by atoms with Crippen molar-refractivity contribution in [2.75, 3.05) is 19.0 Å². The van der Waals surface area contributed by atoms with E-state index in [-0.39, 0.29) is 25.4 Å². The van der Waals surface area contributed by atoms with E-state index in [4.69, 9.17) is 4.74 Å². The van der Waals surface area contributed by atoms with Crippen molar-refractivity contribution < 1.29 is 23.1 Å². The van der Waals surface area contributed by atoms with Crippen LogP contribution >= 0.6 is 0 Å². The Labute approximate surface area is 120 Å². The van der Waals surface area contributed by atoms with E-state index in [0.29, 0.717) is 18.8 Å². The Morgan fingerprint density at radius 2 is 2.20 bits per heavy atom. The van der Waals surface area contributed by atoms with E-state index in [2.05, 4.69) is 11.6 Å². The monoisotopic (exact) mass is 307 g/mol. The van der Waals surface area contributed by atoms with Gasteiger partial charge >= 0.3 is 5.97 Å². The van der Waals surface area contributed by atoms with Gasteiger partial charge in [0.25, 0.3) is 0 Å². The number of nitrogens with one attached hydrogen (secondary N) is 1. The molecule has 0 aromatic heterocycles. The van der Waals surface area contributed by atoms with Crippen molar-refractivity contribution in [2.45, 2.75) is 51.5 Å². The summed E-state index contributed by atoms with van der Waals surface area (Å²) in [6, 6.07) is 0. The van der Waals surface area contributed by atoms with E-state index in [9.17, 15) is 18.3 Å². The largest absolute Gasteiger partial charge is 0.466 e. The summed E-state index contributed by atoms with van der Waals surface area (Å²) in [6.45, 7) is 3.76. The molecule has 0 spiro atoms. The second-order valence-corrected chi connectivity index (χ2v) is 7.46. The molecule has 1 rings (SSSR count). The Morgan fingerprint density at radius 3 is 2.75 bits per heavy atom. The lowest BCUT2D eigenvalue weighted by Crippen LogP contribution is -2.54. The van der Waals surface area contributed by atoms with Crippen molar-refractivity contribution in [2.24, 2.45) is 5.92 Å². The predicted molar refractivity (Wildman–Crippen MR) is 75.6 cm³/mol. The van der Waals surface area contributed by atoms with Gasteiger partial charge in [0.2, 0.25) is 10.0 Å². The van der Waals surface area contributed by atoms with Crippen molar-refractivity contribution >= 4 is 16.0 Å². The lowest BCUT2D eigenvalue weighted by atomic mass is 9.78. The summed E-state index contributed by atoms with van der Waals surface area (Å²) in [5.41, 5.74) is -0.773. The van der Waals surface area contributed by atoms with E-state index in [1.165, 1.54) is 0 Å². The zero-order valence-corrected chi connectivity index (χ0v) is 13.0. The SMILES string of the molecule is CCOC(=O)CCS(=O)(=O)NC1(CO)CCCC(C)C1. The molecular formula is C13H25NO5S. The molecule has 0 amide bonds. The molecule has 0 bridgehead atoms. The minimum atomic E-state index is -3.60. The first kappa shape index (κ1) is 17.4. The molecule has 2 unspecified atom stereocenters. The smallest absolute Gasteiger partial charge is 0.306 e. The van der Waals surface area contributed by atoms with Gasteiger partial charge in [-0.25, -0.2) is 13.1 Å². The normalized spacial score (nSPS) is 27.2. The summed E-state index contributed by atoms with van der Waals surface area (Å²) in [5.74, 6) is -0.446. The van der Waals surface area contributed by atoms with Crippen LogP contribution in [0.4, 0.5) is 0 Å². The van der Waals surface area contributed by atoms with Gasteiger partial charge in [-0.05, 0) is 25.7 Å². The highest BCUT2D eigenvalue weighted by Crippen LogP contribution is 2.32. The molecule has 118 valence electrons. The lowest BCUT2D eigenvalue weighted by Gasteiger charge is -2.39. The zero-order valence-electron chi connectivity index (χ0n) is 12.2. The maximum atomic E-state index is 12.0. The Kier molecular flexibility index (Phi) is 6.42. The summed E-state index contributed by atoms with van der Waals surface area (Å²) in [5, 5.41) is 9.57. The van der Waals surface area contributed by atoms with Crippen LogP contribution in [0, 0.1) is 5.92 Å². The first-order valence-corrected chi connectivity index (χ1v) is 8.76. The fourth-order valence-electron chi connectivity index (χ4n) is 2.76. The maximum absolute atomic E-state index is 12.0. The number of rotatable bonds is 7. The highest BCUT2D eigenvalue weighted by Gasteiger charge is 2.37. The van der Waals surface area contributed by atoms with Gasteiger partial charge in [0, 0.05) is 0 Å². The molecule has 2 N–H and O–H groups in total. The minimum absolute atomic E-state index is 0.166. The summed E-state index contributed by atoms with van der Waals surface area (Å²) in [4.78, 5) is 11.2. The van der Waals surface area contributed by atoms with Gasteiger partial charge in [0.1, 0.15) is 0 Å². The van der Waals surface area contributed by atoms with E-state index >= 15 is 0 Å². The quantitative estimate of drug-likeness (QED) is 0.679. The Balaban J connectivity index is 2.61. The number of ether oxygens (including phenoxy) is 1. The number of aliphatic hydroxyl groups excluding tert-OH is 1. The molecule has 0 heterocycles. The summed E-state index contributed by atoms with van der Waals surface area (Å²) < 4.78 is 31.4. The number of carbonyl (C=O) groups excluding carboxylic acids is 1. The third kappa shape index (κ3) is 5.38. The number of esters is 1. The first-order chi connectivity index (χ1) is 9.32. The van der Waals surface area contributed by atoms with Gasteiger partial charge in [-0.3, -0.25) is 4.79 Å². The first-order valence-electron chi connectivity index (χ1n) is 7.10. The topological polar surface area (TPSA) is 92.7 Å². The van der Waals surface area contributed by atoms with Crippen LogP contribution in [0.3, 0.4) is 0 Å². The minimum Gasteiger partial charge on any atom is -0.466 e. The molecule has 0 radical (unpaired) electrons. The van der Waals surface area contributed by atoms with E-state index < -0.39 is 21.5 Å². The van der Waals surface area contributed by atoms with Gasteiger partial charge in [0.15, 0.2) is 0 Å². The van der Waals surface area contributed by atoms with E-state index in [0.717, 1.165) is 12.8 Å². The van der Waals surface area contributed by atoms with E-state index in [1.807, 2.05) is 0 Å². The van der Waals surface area contributed by atoms with Crippen LogP contribution in [0.2, 0.25) is 0 Å². The van der Waals surface area contributed by atoms with Crippen LogP contribution in [0.15, 0.2) is 0 Å². The Morgan fingerprint density at radius 1 is 1.50 bits per heavy atom. The molecule has 0 aliphatic heterocycles. The van der Waals surface area contributed by atoms with Crippen molar-refractivity contribution in [1.29, 1.82) is 0 Å². The number of hydrogen-bond donors (Lipinski definition) is 2. The third-order valence-electron chi connectivity index (χ3n) is 3.65. The molecule has 1 aliphatic rings. The second kappa shape index (κ2) is 7.38. The van der Waals surface area contributed by atoms with Gasteiger partial charge in [-0.1, -0.05) is 19.8 Å². The van der Waals surface area contributed by atoms with Crippen molar-refractivity contribution in [3.63, 3.8) is 0 Å². The van der Waals surface area contributed by atoms with Crippen LogP contribution in [-0.2, 0) is 19.6 Å². The molecule has 0 aromatic rings. The summed E-state index contributed by atoms with van der Waals surface area (Å²) in [6.07, 6.45) is 3.03. The van der Waals surface area contributed by atoms with Gasteiger partial charge in [-0.2, -0.15) is 0 Å². The molecule has 7 heteroatoms. The number of carbonyl (C=O) groups is 1. The van der Waals surface area contributed by atoms with Gasteiger partial charge in [0.05, 0.1) is 30.9 Å². The highest BCUT2D eigenvalue weighted by molar-refractivity contribution is 7.89. The van der Waals surface area contributed by atoms with Crippen molar-refractivity contribution in [3.8, 4) is 0 Å². The van der Waals surface area contributed by atoms with Crippen LogP contribution in [0.5, 0.6) is 0 Å². The lowest BCUT2D eigenvalue weighted by molar-refractivity contribution is -0.142. The standard InChI is InChI=1S/C13H25NO5S/c1-3-19-12(16)6-8-20(17,18)14-13(10-15)7-4-5-11(2)9-13/h11,14-15H,3-10H2,1-2H3. The molecule has 6 nitrogen and oxygen atoms in total. The third-order valence-corrected chi connectivity index (χ3v) is 5.13. The van der Waals surface area contributed by atoms with Crippen LogP contribution in [-0.4, -0.2) is 44.0 Å². The van der Waals surface area contributed by atoms with E-state index in [1.54, 1.807) is 6.92 Å². The maximum Gasteiger partial charge on any atom is 0.306 e. The molecule has 0 saturated heterocycles. The van der Waals surface area contributed by atoms with Crippen molar-refractivity contribution in [1.82, 2.24) is 4.72 Å². The highest BCUT2D eigenvalue weighted by atomic mass is 32.2. The van der Waals surface area contributed by atoms with Crippen molar-refractivity contribution in [3.05, 3.63) is 0 Å². The molecular weight excluding hydrogens is 282 g/mol. The van der Waals surface area contributed by atoms with Crippen LogP contribution in [0.1, 0.15) is 46.0 Å². The van der Waals surface area contributed by atoms with Crippen LogP contribution in [0.25, 0.3) is 0 Å². The average molecular weight is 307 g/mol. The average Bonchev–Trinajstić information content (AvgIpc) is 2.36. The second-order valence-electron chi connectivity index (χ2n) is 5.62. The fourth-order valence-corrected chi connectivity index (χ4v) is 4.21. The molecule has 1 saturated carbocycles. The molecule has 1 fully saturated rings. The molecule has 20 heavy (non-hydrogen) atoms. The zero-order chi connectivity index (χ0) is 15.2. The number of sulfonamides is 1. The summed E-state index contributed by atoms with van der Waals surface area (Å²) in [7, 11) is -3.60. The summed E-state index contributed by atoms with van der Waals surface area (Å²) >= 11 is 0. The predicted octanol–water partition coefficient (Wildman–Crippen LogP) is 0.800. The number of hydrogen-bond acceptors (Lipinski definition) is 5. The molecule has 0 aromatic carbocycles. The van der Waals surface area contributed by atoms with Crippen LogP contribution < -0.4 is 4.72 Å². The van der Waals surface area contributed by atoms with Gasteiger partial charge < -0.3 is 9.84 Å². The van der Waals surface area contributed by atoms with Gasteiger partial charge in [-0.15, -0.1) is 0 Å². The Hall–Kier alpha value is -0.660. The molecule has 1 aliphatic carbocycles. The fraction of sp³-hybridized carbons (Fsp3) is 0.923. The number of aliphatic hydroxyl groups is 1. The Bertz CT molecular complexity index is 422. The molecule has 2 atom stereocenters.